The van der Waals surface area contributed by atoms with Gasteiger partial charge in [-0.15, -0.1) is 0 Å². The van der Waals surface area contributed by atoms with Crippen LogP contribution in [0.4, 0.5) is 0 Å². The van der Waals surface area contributed by atoms with Gasteiger partial charge in [0.25, 0.3) is 0 Å². The Hall–Kier alpha value is -0.610. The van der Waals surface area contributed by atoms with Crippen molar-refractivity contribution in [3.05, 3.63) is 33.8 Å². The second kappa shape index (κ2) is 7.41. The Labute approximate surface area is 129 Å². The maximum absolute atomic E-state index is 12.3. The molecule has 0 radical (unpaired) electrons. The molecule has 1 aliphatic heterocycles. The summed E-state index contributed by atoms with van der Waals surface area (Å²) in [5.41, 5.74) is 0.570. The fraction of sp³-hybridized carbons (Fsp3) is 0.533. The fourth-order valence-corrected chi connectivity index (χ4v) is 2.90. The van der Waals surface area contributed by atoms with E-state index in [0.717, 1.165) is 32.2 Å². The number of hydrogen-bond donors (Lipinski definition) is 1. The van der Waals surface area contributed by atoms with Crippen LogP contribution in [-0.2, 0) is 0 Å². The second-order valence-electron chi connectivity index (χ2n) is 5.21. The lowest BCUT2D eigenvalue weighted by molar-refractivity contribution is 0.0826. The van der Waals surface area contributed by atoms with Crippen molar-refractivity contribution in [1.29, 1.82) is 0 Å². The lowest BCUT2D eigenvalue weighted by Gasteiger charge is -2.27. The Bertz CT molecular complexity index is 479. The number of carbonyl (C=O) groups is 1. The van der Waals surface area contributed by atoms with Crippen molar-refractivity contribution in [2.45, 2.75) is 31.7 Å². The van der Waals surface area contributed by atoms with Crippen LogP contribution in [0.3, 0.4) is 0 Å². The molecule has 1 aromatic rings. The van der Waals surface area contributed by atoms with Crippen LogP contribution in [0.25, 0.3) is 0 Å². The highest BCUT2D eigenvalue weighted by molar-refractivity contribution is 6.42. The largest absolute Gasteiger partial charge is 0.395 e. The normalized spacial score (nSPS) is 20.6. The summed E-state index contributed by atoms with van der Waals surface area (Å²) in [5, 5.41) is 10.3. The maximum atomic E-state index is 12.3. The van der Waals surface area contributed by atoms with Crippen LogP contribution in [0, 0.1) is 0 Å². The number of carbonyl (C=O) groups excluding carboxylic acids is 1. The topological polar surface area (TPSA) is 40.5 Å². The molecular formula is C15H19Cl2NO2. The SMILES string of the molecule is O=C(CN1CCCCCC1CO)c1ccc(Cl)c(Cl)c1. The molecule has 1 unspecified atom stereocenters. The van der Waals surface area contributed by atoms with E-state index >= 15 is 0 Å². The standard InChI is InChI=1S/C15H19Cl2NO2/c16-13-6-5-11(8-14(13)17)15(20)9-18-7-3-1-2-4-12(18)10-19/h5-6,8,12,19H,1-4,7,9-10H2. The van der Waals surface area contributed by atoms with Gasteiger partial charge in [0.05, 0.1) is 23.2 Å². The molecule has 1 aliphatic rings. The van der Waals surface area contributed by atoms with E-state index in [-0.39, 0.29) is 18.4 Å². The zero-order chi connectivity index (χ0) is 14.5. The van der Waals surface area contributed by atoms with Gasteiger partial charge in [-0.1, -0.05) is 36.0 Å². The van der Waals surface area contributed by atoms with E-state index in [9.17, 15) is 9.90 Å². The number of ketones is 1. The minimum atomic E-state index is 0.0175. The number of aliphatic hydroxyl groups is 1. The Morgan fingerprint density at radius 1 is 1.25 bits per heavy atom. The summed E-state index contributed by atoms with van der Waals surface area (Å²) in [5.74, 6) is 0.0175. The van der Waals surface area contributed by atoms with Crippen molar-refractivity contribution in [2.24, 2.45) is 0 Å². The first-order valence-electron chi connectivity index (χ1n) is 6.95. The maximum Gasteiger partial charge on any atom is 0.176 e. The van der Waals surface area contributed by atoms with Crippen molar-refractivity contribution < 1.29 is 9.90 Å². The molecule has 3 nitrogen and oxygen atoms in total. The number of halogens is 2. The molecule has 0 saturated carbocycles. The molecule has 0 aromatic heterocycles. The number of Topliss-reactive ketones (excluding diaryl/α,β-unsaturated/α-hetero) is 1. The monoisotopic (exact) mass is 315 g/mol. The van der Waals surface area contributed by atoms with E-state index in [4.69, 9.17) is 23.2 Å². The molecule has 1 aromatic carbocycles. The summed E-state index contributed by atoms with van der Waals surface area (Å²) >= 11 is 11.8. The van der Waals surface area contributed by atoms with Crippen LogP contribution in [0.1, 0.15) is 36.0 Å². The molecule has 0 bridgehead atoms. The highest BCUT2D eigenvalue weighted by Crippen LogP contribution is 2.23. The minimum absolute atomic E-state index is 0.0175. The van der Waals surface area contributed by atoms with E-state index in [1.807, 2.05) is 0 Å². The zero-order valence-electron chi connectivity index (χ0n) is 11.3. The van der Waals surface area contributed by atoms with Gasteiger partial charge in [0, 0.05) is 11.6 Å². The highest BCUT2D eigenvalue weighted by Gasteiger charge is 2.23. The van der Waals surface area contributed by atoms with Gasteiger partial charge in [-0.2, -0.15) is 0 Å². The third-order valence-corrected chi connectivity index (χ3v) is 4.54. The van der Waals surface area contributed by atoms with Crippen LogP contribution in [0.2, 0.25) is 10.0 Å². The molecule has 1 fully saturated rings. The van der Waals surface area contributed by atoms with Crippen molar-refractivity contribution >= 4 is 29.0 Å². The van der Waals surface area contributed by atoms with E-state index in [0.29, 0.717) is 22.2 Å². The Kier molecular flexibility index (Phi) is 5.85. The van der Waals surface area contributed by atoms with Crippen LogP contribution in [0.5, 0.6) is 0 Å². The van der Waals surface area contributed by atoms with Crippen LogP contribution >= 0.6 is 23.2 Å². The van der Waals surface area contributed by atoms with Gasteiger partial charge in [-0.3, -0.25) is 9.69 Å². The quantitative estimate of drug-likeness (QED) is 0.866. The molecular weight excluding hydrogens is 297 g/mol. The van der Waals surface area contributed by atoms with Crippen LogP contribution in [0.15, 0.2) is 18.2 Å². The first kappa shape index (κ1) is 15.8. The molecule has 1 heterocycles. The molecule has 2 rings (SSSR count). The summed E-state index contributed by atoms with van der Waals surface area (Å²) < 4.78 is 0. The number of aliphatic hydroxyl groups excluding tert-OH is 1. The first-order valence-corrected chi connectivity index (χ1v) is 7.70. The molecule has 0 spiro atoms. The van der Waals surface area contributed by atoms with Crippen molar-refractivity contribution in [1.82, 2.24) is 4.90 Å². The average molecular weight is 316 g/mol. The molecule has 0 amide bonds. The van der Waals surface area contributed by atoms with Gasteiger partial charge in [-0.25, -0.2) is 0 Å². The predicted octanol–water partition coefficient (Wildman–Crippen LogP) is 3.41. The third kappa shape index (κ3) is 3.95. The highest BCUT2D eigenvalue weighted by atomic mass is 35.5. The minimum Gasteiger partial charge on any atom is -0.395 e. The number of rotatable bonds is 4. The molecule has 5 heteroatoms. The van der Waals surface area contributed by atoms with E-state index < -0.39 is 0 Å². The molecule has 110 valence electrons. The first-order chi connectivity index (χ1) is 9.61. The summed E-state index contributed by atoms with van der Waals surface area (Å²) in [6, 6.07) is 5.04. The van der Waals surface area contributed by atoms with E-state index in [2.05, 4.69) is 4.90 Å². The smallest absolute Gasteiger partial charge is 0.176 e. The Balaban J connectivity index is 2.06. The fourth-order valence-electron chi connectivity index (χ4n) is 2.60. The van der Waals surface area contributed by atoms with Gasteiger partial charge in [-0.05, 0) is 37.6 Å². The molecule has 1 N–H and O–H groups in total. The predicted molar refractivity (Wildman–Crippen MR) is 81.7 cm³/mol. The van der Waals surface area contributed by atoms with Crippen molar-refractivity contribution in [3.8, 4) is 0 Å². The molecule has 0 aliphatic carbocycles. The van der Waals surface area contributed by atoms with Crippen molar-refractivity contribution in [2.75, 3.05) is 19.7 Å². The van der Waals surface area contributed by atoms with Crippen LogP contribution in [-0.4, -0.2) is 41.5 Å². The third-order valence-electron chi connectivity index (χ3n) is 3.80. The summed E-state index contributed by atoms with van der Waals surface area (Å²) in [6.07, 6.45) is 4.30. The number of nitrogens with zero attached hydrogens (tertiary/aromatic N) is 1. The average Bonchev–Trinajstić information content (AvgIpc) is 2.66. The van der Waals surface area contributed by atoms with Gasteiger partial charge in [0.15, 0.2) is 5.78 Å². The van der Waals surface area contributed by atoms with Gasteiger partial charge in [0.1, 0.15) is 0 Å². The zero-order valence-corrected chi connectivity index (χ0v) is 12.8. The van der Waals surface area contributed by atoms with E-state index in [1.54, 1.807) is 18.2 Å². The van der Waals surface area contributed by atoms with Crippen LogP contribution < -0.4 is 0 Å². The molecule has 20 heavy (non-hydrogen) atoms. The summed E-state index contributed by atoms with van der Waals surface area (Å²) in [7, 11) is 0. The molecule has 1 saturated heterocycles. The second-order valence-corrected chi connectivity index (χ2v) is 6.02. The Morgan fingerprint density at radius 2 is 2.05 bits per heavy atom. The van der Waals surface area contributed by atoms with Crippen molar-refractivity contribution in [3.63, 3.8) is 0 Å². The molecule has 1 atom stereocenters. The number of likely N-dealkylation sites (tertiary alicyclic amines) is 1. The number of benzene rings is 1. The van der Waals surface area contributed by atoms with Gasteiger partial charge >= 0.3 is 0 Å². The van der Waals surface area contributed by atoms with E-state index in [1.165, 1.54) is 0 Å². The summed E-state index contributed by atoms with van der Waals surface area (Å²) in [4.78, 5) is 14.4. The lowest BCUT2D eigenvalue weighted by Crippen LogP contribution is -2.40. The van der Waals surface area contributed by atoms with Gasteiger partial charge in [0.2, 0.25) is 0 Å². The Morgan fingerprint density at radius 3 is 2.75 bits per heavy atom. The lowest BCUT2D eigenvalue weighted by atomic mass is 10.1. The number of hydrogen-bond acceptors (Lipinski definition) is 3. The van der Waals surface area contributed by atoms with Gasteiger partial charge < -0.3 is 5.11 Å². The summed E-state index contributed by atoms with van der Waals surface area (Å²) in [6.45, 7) is 1.29.